The van der Waals surface area contributed by atoms with E-state index in [1.165, 1.54) is 0 Å². The van der Waals surface area contributed by atoms with Crippen LogP contribution in [0.25, 0.3) is 0 Å². The van der Waals surface area contributed by atoms with Gasteiger partial charge in [-0.05, 0) is 24.8 Å². The molecule has 0 atom stereocenters. The molecule has 0 saturated carbocycles. The maximum atomic E-state index is 5.46. The van der Waals surface area contributed by atoms with Gasteiger partial charge in [0.05, 0.1) is 12.4 Å². The molecule has 0 heterocycles. The normalized spacial score (nSPS) is 21.9. The van der Waals surface area contributed by atoms with Gasteiger partial charge >= 0.3 is 0 Å². The van der Waals surface area contributed by atoms with Crippen LogP contribution in [-0.2, 0) is 4.74 Å². The summed E-state index contributed by atoms with van der Waals surface area (Å²) in [5, 5.41) is 0. The molecule has 2 heteroatoms. The summed E-state index contributed by atoms with van der Waals surface area (Å²) in [6, 6.07) is 0. The maximum absolute atomic E-state index is 5.46. The van der Waals surface area contributed by atoms with Gasteiger partial charge in [-0.25, -0.2) is 0 Å². The van der Waals surface area contributed by atoms with E-state index in [1.807, 2.05) is 13.0 Å². The second-order valence-electron chi connectivity index (χ2n) is 4.03. The van der Waals surface area contributed by atoms with Crippen molar-refractivity contribution in [1.82, 2.24) is 0 Å². The Kier molecular flexibility index (Phi) is 2.89. The van der Waals surface area contributed by atoms with Crippen LogP contribution in [0.15, 0.2) is 11.8 Å². The Morgan fingerprint density at radius 1 is 1.50 bits per heavy atom. The van der Waals surface area contributed by atoms with Gasteiger partial charge in [0.2, 0.25) is 0 Å². The predicted octanol–water partition coefficient (Wildman–Crippen LogP) is 3.10. The number of thiocarbonyl (C=S) groups is 1. The number of hydrogen-bond donors (Lipinski definition) is 0. The molecule has 0 aromatic carbocycles. The van der Waals surface area contributed by atoms with Crippen LogP contribution >= 0.6 is 12.2 Å². The van der Waals surface area contributed by atoms with Crippen molar-refractivity contribution >= 4 is 17.1 Å². The molecule has 12 heavy (non-hydrogen) atoms. The third kappa shape index (κ3) is 2.59. The van der Waals surface area contributed by atoms with E-state index in [0.717, 1.165) is 30.1 Å². The summed E-state index contributed by atoms with van der Waals surface area (Å²) < 4.78 is 5.46. The Balaban J connectivity index is 2.69. The van der Waals surface area contributed by atoms with Crippen molar-refractivity contribution in [3.05, 3.63) is 11.8 Å². The van der Waals surface area contributed by atoms with Crippen LogP contribution in [-0.4, -0.2) is 11.5 Å². The van der Waals surface area contributed by atoms with Gasteiger partial charge in [-0.15, -0.1) is 0 Å². The first-order valence-corrected chi connectivity index (χ1v) is 4.80. The van der Waals surface area contributed by atoms with Gasteiger partial charge in [-0.3, -0.25) is 0 Å². The molecule has 1 aliphatic rings. The van der Waals surface area contributed by atoms with Crippen LogP contribution < -0.4 is 0 Å². The van der Waals surface area contributed by atoms with E-state index in [9.17, 15) is 0 Å². The van der Waals surface area contributed by atoms with Crippen LogP contribution in [0.1, 0.15) is 33.6 Å². The third-order valence-electron chi connectivity index (χ3n) is 1.96. The average molecular weight is 184 g/mol. The molecule has 0 bridgehead atoms. The highest BCUT2D eigenvalue weighted by molar-refractivity contribution is 7.80. The number of allylic oxidation sites excluding steroid dienone is 2. The van der Waals surface area contributed by atoms with E-state index >= 15 is 0 Å². The van der Waals surface area contributed by atoms with E-state index in [1.54, 1.807) is 0 Å². The molecule has 0 aromatic heterocycles. The molecule has 0 spiro atoms. The minimum absolute atomic E-state index is 0.288. The lowest BCUT2D eigenvalue weighted by Crippen LogP contribution is -2.21. The van der Waals surface area contributed by atoms with Crippen molar-refractivity contribution in [1.29, 1.82) is 0 Å². The molecule has 0 radical (unpaired) electrons. The maximum Gasteiger partial charge on any atom is 0.0976 e. The van der Waals surface area contributed by atoms with Crippen molar-refractivity contribution in [2.45, 2.75) is 33.6 Å². The molecule has 1 rings (SSSR count). The number of rotatable bonds is 2. The summed E-state index contributed by atoms with van der Waals surface area (Å²) in [4.78, 5) is 1.02. The van der Waals surface area contributed by atoms with Crippen LogP contribution in [0.2, 0.25) is 0 Å². The standard InChI is InChI=1S/C10H16OS/c1-4-11-8-5-9(12)7-10(2,3)6-8/h5H,4,6-7H2,1-3H3. The topological polar surface area (TPSA) is 9.23 Å². The highest BCUT2D eigenvalue weighted by atomic mass is 32.1. The molecule has 68 valence electrons. The first kappa shape index (κ1) is 9.72. The van der Waals surface area contributed by atoms with Crippen LogP contribution in [0.4, 0.5) is 0 Å². The molecule has 0 fully saturated rings. The SMILES string of the molecule is CCOC1=CC(=S)CC(C)(C)C1. The van der Waals surface area contributed by atoms with Crippen molar-refractivity contribution in [2.24, 2.45) is 5.41 Å². The quantitative estimate of drug-likeness (QED) is 0.610. The van der Waals surface area contributed by atoms with Crippen molar-refractivity contribution in [3.8, 4) is 0 Å². The number of hydrogen-bond acceptors (Lipinski definition) is 2. The Labute approximate surface area is 79.8 Å². The monoisotopic (exact) mass is 184 g/mol. The molecular formula is C10H16OS. The summed E-state index contributed by atoms with van der Waals surface area (Å²) in [6.07, 6.45) is 4.03. The van der Waals surface area contributed by atoms with Crippen LogP contribution in [0.3, 0.4) is 0 Å². The van der Waals surface area contributed by atoms with Gasteiger partial charge in [0.15, 0.2) is 0 Å². The fraction of sp³-hybridized carbons (Fsp3) is 0.700. The molecule has 1 nitrogen and oxygen atoms in total. The molecule has 0 saturated heterocycles. The Morgan fingerprint density at radius 2 is 2.17 bits per heavy atom. The number of ether oxygens (including phenoxy) is 1. The van der Waals surface area contributed by atoms with Crippen molar-refractivity contribution in [3.63, 3.8) is 0 Å². The van der Waals surface area contributed by atoms with Gasteiger partial charge in [-0.2, -0.15) is 0 Å². The minimum Gasteiger partial charge on any atom is -0.498 e. The smallest absolute Gasteiger partial charge is 0.0976 e. The predicted molar refractivity (Wildman–Crippen MR) is 55.3 cm³/mol. The van der Waals surface area contributed by atoms with Gasteiger partial charge in [0.25, 0.3) is 0 Å². The van der Waals surface area contributed by atoms with E-state index in [2.05, 4.69) is 13.8 Å². The van der Waals surface area contributed by atoms with Gasteiger partial charge < -0.3 is 4.74 Å². The molecule has 0 unspecified atom stereocenters. The van der Waals surface area contributed by atoms with Gasteiger partial charge in [0, 0.05) is 11.3 Å². The minimum atomic E-state index is 0.288. The zero-order valence-electron chi connectivity index (χ0n) is 8.02. The van der Waals surface area contributed by atoms with E-state index in [0.29, 0.717) is 0 Å². The van der Waals surface area contributed by atoms with Crippen LogP contribution in [0, 0.1) is 5.41 Å². The second-order valence-corrected chi connectivity index (χ2v) is 4.55. The first-order valence-electron chi connectivity index (χ1n) is 4.40. The molecule has 0 aliphatic heterocycles. The molecule has 1 aliphatic carbocycles. The highest BCUT2D eigenvalue weighted by Crippen LogP contribution is 2.34. The summed E-state index contributed by atoms with van der Waals surface area (Å²) >= 11 is 5.19. The van der Waals surface area contributed by atoms with Gasteiger partial charge in [-0.1, -0.05) is 26.1 Å². The molecule has 0 N–H and O–H groups in total. The fourth-order valence-corrected chi connectivity index (χ4v) is 2.09. The summed E-state index contributed by atoms with van der Waals surface area (Å²) in [7, 11) is 0. The zero-order chi connectivity index (χ0) is 9.19. The van der Waals surface area contributed by atoms with Gasteiger partial charge in [0.1, 0.15) is 0 Å². The van der Waals surface area contributed by atoms with Crippen molar-refractivity contribution < 1.29 is 4.74 Å². The Bertz CT molecular complexity index is 216. The molecule has 0 amide bonds. The lowest BCUT2D eigenvalue weighted by molar-refractivity contribution is 0.185. The van der Waals surface area contributed by atoms with Crippen molar-refractivity contribution in [2.75, 3.05) is 6.61 Å². The highest BCUT2D eigenvalue weighted by Gasteiger charge is 2.26. The summed E-state index contributed by atoms with van der Waals surface area (Å²) in [5.74, 6) is 1.05. The molecular weight excluding hydrogens is 168 g/mol. The summed E-state index contributed by atoms with van der Waals surface area (Å²) in [6.45, 7) is 7.20. The summed E-state index contributed by atoms with van der Waals surface area (Å²) in [5.41, 5.74) is 0.288. The largest absolute Gasteiger partial charge is 0.498 e. The molecule has 0 aromatic rings. The lowest BCUT2D eigenvalue weighted by atomic mass is 9.80. The third-order valence-corrected chi connectivity index (χ3v) is 2.22. The first-order chi connectivity index (χ1) is 5.53. The Morgan fingerprint density at radius 3 is 2.67 bits per heavy atom. The zero-order valence-corrected chi connectivity index (χ0v) is 8.83. The lowest BCUT2D eigenvalue weighted by Gasteiger charge is -2.29. The fourth-order valence-electron chi connectivity index (χ4n) is 1.57. The Hall–Kier alpha value is -0.370. The van der Waals surface area contributed by atoms with Crippen LogP contribution in [0.5, 0.6) is 0 Å². The van der Waals surface area contributed by atoms with E-state index in [-0.39, 0.29) is 5.41 Å². The average Bonchev–Trinajstić information content (AvgIpc) is 1.82. The van der Waals surface area contributed by atoms with E-state index in [4.69, 9.17) is 17.0 Å². The van der Waals surface area contributed by atoms with E-state index < -0.39 is 0 Å². The second kappa shape index (κ2) is 3.56.